The molecule has 0 aromatic carbocycles. The van der Waals surface area contributed by atoms with Crippen LogP contribution in [0.25, 0.3) is 0 Å². The van der Waals surface area contributed by atoms with Gasteiger partial charge in [-0.3, -0.25) is 9.69 Å². The van der Waals surface area contributed by atoms with Gasteiger partial charge in [0, 0.05) is 32.1 Å². The summed E-state index contributed by atoms with van der Waals surface area (Å²) in [5, 5.41) is 4.09. The molecule has 3 rings (SSSR count). The molecule has 1 aromatic rings. The van der Waals surface area contributed by atoms with Crippen molar-refractivity contribution in [1.82, 2.24) is 19.9 Å². The summed E-state index contributed by atoms with van der Waals surface area (Å²) in [5.41, 5.74) is 5.46. The van der Waals surface area contributed by atoms with Crippen molar-refractivity contribution in [1.29, 1.82) is 0 Å². The number of carbonyl (C=O) groups excluding carboxylic acids is 1. The maximum atomic E-state index is 12.7. The average Bonchev–Trinajstić information content (AvgIpc) is 3.32. The summed E-state index contributed by atoms with van der Waals surface area (Å²) in [4.78, 5) is 21.4. The zero-order valence-corrected chi connectivity index (χ0v) is 16.1. The topological polar surface area (TPSA) is 88.5 Å². The second-order valence-corrected chi connectivity index (χ2v) is 7.41. The number of rotatable bonds is 6. The third-order valence-electron chi connectivity index (χ3n) is 4.91. The lowest BCUT2D eigenvalue weighted by molar-refractivity contribution is -0.136. The van der Waals surface area contributed by atoms with E-state index >= 15 is 0 Å². The molecule has 2 fully saturated rings. The number of nitrogens with zero attached hydrogens (tertiary/aromatic N) is 4. The van der Waals surface area contributed by atoms with Crippen molar-refractivity contribution in [3.63, 3.8) is 0 Å². The summed E-state index contributed by atoms with van der Waals surface area (Å²) >= 11 is 0. The molecule has 1 amide bonds. The molecule has 1 saturated heterocycles. The maximum Gasteiger partial charge on any atom is 0.242 e. The first kappa shape index (κ1) is 20.1. The lowest BCUT2D eigenvalue weighted by Gasteiger charge is -2.31. The Hall–Kier alpha value is -1.18. The molecule has 1 aromatic heterocycles. The van der Waals surface area contributed by atoms with Crippen LogP contribution in [0, 0.1) is 0 Å². The van der Waals surface area contributed by atoms with Crippen LogP contribution in [-0.4, -0.2) is 57.6 Å². The van der Waals surface area contributed by atoms with E-state index in [1.807, 2.05) is 11.8 Å². The van der Waals surface area contributed by atoms with E-state index in [0.29, 0.717) is 19.0 Å². The van der Waals surface area contributed by atoms with Gasteiger partial charge >= 0.3 is 0 Å². The largest absolute Gasteiger partial charge is 0.340 e. The maximum absolute atomic E-state index is 12.7. The molecule has 1 atom stereocenters. The molecular formula is C17H30ClN5O2. The number of nitrogens with two attached hydrogens (primary N) is 1. The SMILES string of the molecule is CCCC(C)(N)C(=O)N1CCCN(Cc2noc(C3CC3)n2)CC1.Cl. The van der Waals surface area contributed by atoms with Gasteiger partial charge in [-0.05, 0) is 32.6 Å². The molecule has 142 valence electrons. The van der Waals surface area contributed by atoms with Gasteiger partial charge in [0.1, 0.15) is 0 Å². The van der Waals surface area contributed by atoms with E-state index in [2.05, 4.69) is 22.0 Å². The quantitative estimate of drug-likeness (QED) is 0.821. The molecular weight excluding hydrogens is 342 g/mol. The van der Waals surface area contributed by atoms with E-state index in [0.717, 1.165) is 63.5 Å². The van der Waals surface area contributed by atoms with Crippen LogP contribution < -0.4 is 5.73 Å². The minimum atomic E-state index is -0.753. The van der Waals surface area contributed by atoms with E-state index in [1.54, 1.807) is 0 Å². The summed E-state index contributed by atoms with van der Waals surface area (Å²) in [5.74, 6) is 2.10. The highest BCUT2D eigenvalue weighted by atomic mass is 35.5. The average molecular weight is 372 g/mol. The summed E-state index contributed by atoms with van der Waals surface area (Å²) < 4.78 is 5.32. The summed E-state index contributed by atoms with van der Waals surface area (Å²) in [6.07, 6.45) is 4.91. The first-order valence-corrected chi connectivity index (χ1v) is 9.12. The Bertz CT molecular complexity index is 573. The van der Waals surface area contributed by atoms with Gasteiger partial charge in [-0.1, -0.05) is 18.5 Å². The number of hydrogen-bond acceptors (Lipinski definition) is 6. The number of carbonyl (C=O) groups is 1. The summed E-state index contributed by atoms with van der Waals surface area (Å²) in [6, 6.07) is 0. The van der Waals surface area contributed by atoms with Gasteiger partial charge in [0.15, 0.2) is 5.82 Å². The van der Waals surface area contributed by atoms with E-state index in [1.165, 1.54) is 0 Å². The number of halogens is 1. The van der Waals surface area contributed by atoms with Gasteiger partial charge in [0.25, 0.3) is 0 Å². The molecule has 25 heavy (non-hydrogen) atoms. The van der Waals surface area contributed by atoms with Crippen LogP contribution >= 0.6 is 12.4 Å². The van der Waals surface area contributed by atoms with Crippen LogP contribution in [0.15, 0.2) is 4.52 Å². The Morgan fingerprint density at radius 3 is 2.76 bits per heavy atom. The van der Waals surface area contributed by atoms with Gasteiger partial charge in [0.05, 0.1) is 12.1 Å². The molecule has 1 unspecified atom stereocenters. The minimum Gasteiger partial charge on any atom is -0.340 e. The Labute approximate surface area is 155 Å². The van der Waals surface area contributed by atoms with Crippen LogP contribution in [0.1, 0.15) is 63.6 Å². The second kappa shape index (κ2) is 8.47. The Balaban J connectivity index is 0.00000225. The van der Waals surface area contributed by atoms with Gasteiger partial charge in [-0.2, -0.15) is 4.98 Å². The highest BCUT2D eigenvalue weighted by Gasteiger charge is 2.33. The molecule has 0 radical (unpaired) electrons. The van der Waals surface area contributed by atoms with Crippen LogP contribution in [0.4, 0.5) is 0 Å². The van der Waals surface area contributed by atoms with Crippen molar-refractivity contribution in [2.45, 2.75) is 64.0 Å². The molecule has 0 spiro atoms. The molecule has 1 aliphatic heterocycles. The monoisotopic (exact) mass is 371 g/mol. The van der Waals surface area contributed by atoms with E-state index in [9.17, 15) is 4.79 Å². The third kappa shape index (κ3) is 5.15. The van der Waals surface area contributed by atoms with Gasteiger partial charge < -0.3 is 15.2 Å². The van der Waals surface area contributed by atoms with E-state index in [4.69, 9.17) is 10.3 Å². The van der Waals surface area contributed by atoms with Gasteiger partial charge in [-0.25, -0.2) is 0 Å². The smallest absolute Gasteiger partial charge is 0.242 e. The van der Waals surface area contributed by atoms with Crippen LogP contribution in [-0.2, 0) is 11.3 Å². The molecule has 7 nitrogen and oxygen atoms in total. The van der Waals surface area contributed by atoms with Crippen LogP contribution in [0.2, 0.25) is 0 Å². The Morgan fingerprint density at radius 2 is 2.08 bits per heavy atom. The second-order valence-electron chi connectivity index (χ2n) is 7.41. The normalized spacial score (nSPS) is 21.3. The highest BCUT2D eigenvalue weighted by molar-refractivity contribution is 5.86. The van der Waals surface area contributed by atoms with Crippen molar-refractivity contribution < 1.29 is 9.32 Å². The summed E-state index contributed by atoms with van der Waals surface area (Å²) in [6.45, 7) is 7.83. The van der Waals surface area contributed by atoms with Crippen LogP contribution in [0.3, 0.4) is 0 Å². The minimum absolute atomic E-state index is 0. The third-order valence-corrected chi connectivity index (χ3v) is 4.91. The zero-order valence-electron chi connectivity index (χ0n) is 15.2. The first-order valence-electron chi connectivity index (χ1n) is 9.12. The van der Waals surface area contributed by atoms with E-state index in [-0.39, 0.29) is 18.3 Å². The molecule has 2 aliphatic rings. The Kier molecular flexibility index (Phi) is 6.82. The number of aromatic nitrogens is 2. The molecule has 1 aliphatic carbocycles. The molecule has 2 heterocycles. The molecule has 0 bridgehead atoms. The van der Waals surface area contributed by atoms with Crippen molar-refractivity contribution in [2.75, 3.05) is 26.2 Å². The molecule has 1 saturated carbocycles. The lowest BCUT2D eigenvalue weighted by atomic mass is 9.95. The van der Waals surface area contributed by atoms with Crippen LogP contribution in [0.5, 0.6) is 0 Å². The molecule has 8 heteroatoms. The van der Waals surface area contributed by atoms with Crippen molar-refractivity contribution in [2.24, 2.45) is 5.73 Å². The fourth-order valence-electron chi connectivity index (χ4n) is 3.35. The number of hydrogen-bond donors (Lipinski definition) is 1. The fraction of sp³-hybridized carbons (Fsp3) is 0.824. The number of amides is 1. The molecule has 2 N–H and O–H groups in total. The van der Waals surface area contributed by atoms with E-state index < -0.39 is 5.54 Å². The first-order chi connectivity index (χ1) is 11.5. The fourth-order valence-corrected chi connectivity index (χ4v) is 3.35. The van der Waals surface area contributed by atoms with Crippen molar-refractivity contribution in [3.05, 3.63) is 11.7 Å². The predicted molar refractivity (Wildman–Crippen MR) is 97.5 cm³/mol. The van der Waals surface area contributed by atoms with Gasteiger partial charge in [0.2, 0.25) is 11.8 Å². The van der Waals surface area contributed by atoms with Crippen molar-refractivity contribution >= 4 is 18.3 Å². The lowest BCUT2D eigenvalue weighted by Crippen LogP contribution is -2.53. The summed E-state index contributed by atoms with van der Waals surface area (Å²) in [7, 11) is 0. The Morgan fingerprint density at radius 1 is 1.32 bits per heavy atom. The highest BCUT2D eigenvalue weighted by Crippen LogP contribution is 2.38. The van der Waals surface area contributed by atoms with Gasteiger partial charge in [-0.15, -0.1) is 12.4 Å². The standard InChI is InChI=1S/C17H29N5O2.ClH/c1-3-7-17(2,18)16(23)22-9-4-8-21(10-11-22)12-14-19-15(24-20-14)13-5-6-13;/h13H,3-12,18H2,1-2H3;1H. The van der Waals surface area contributed by atoms with Crippen molar-refractivity contribution in [3.8, 4) is 0 Å². The zero-order chi connectivity index (χ0) is 17.2. The predicted octanol–water partition coefficient (Wildman–Crippen LogP) is 1.92.